The van der Waals surface area contributed by atoms with Crippen LogP contribution in [0.3, 0.4) is 0 Å². The Kier molecular flexibility index (Phi) is 7.71. The second kappa shape index (κ2) is 11.5. The van der Waals surface area contributed by atoms with Gasteiger partial charge in [-0.1, -0.05) is 36.4 Å². The van der Waals surface area contributed by atoms with E-state index in [0.717, 1.165) is 59.6 Å². The molecular formula is C30H28F3N5O4S. The van der Waals surface area contributed by atoms with E-state index in [1.54, 1.807) is 18.5 Å². The van der Waals surface area contributed by atoms with E-state index in [0.29, 0.717) is 5.95 Å². The lowest BCUT2D eigenvalue weighted by atomic mass is 9.94. The number of ether oxygens (including phenoxy) is 1. The number of sulfonamides is 1. The van der Waals surface area contributed by atoms with Gasteiger partial charge in [0.25, 0.3) is 0 Å². The maximum atomic E-state index is 13.5. The van der Waals surface area contributed by atoms with Crippen LogP contribution in [0.25, 0.3) is 0 Å². The minimum atomic E-state index is -4.91. The van der Waals surface area contributed by atoms with Gasteiger partial charge in [0.2, 0.25) is 16.0 Å². The molecule has 0 amide bonds. The molecule has 0 aliphatic carbocycles. The molecule has 3 aromatic carbocycles. The van der Waals surface area contributed by atoms with Gasteiger partial charge in [-0.2, -0.15) is 0 Å². The van der Waals surface area contributed by atoms with Gasteiger partial charge >= 0.3 is 6.36 Å². The van der Waals surface area contributed by atoms with Crippen LogP contribution in [-0.2, 0) is 22.9 Å². The number of rotatable bonds is 6. The first-order valence-electron chi connectivity index (χ1n) is 13.6. The number of aryl methyl sites for hydroxylation is 2. The predicted molar refractivity (Wildman–Crippen MR) is 154 cm³/mol. The van der Waals surface area contributed by atoms with Gasteiger partial charge in [-0.3, -0.25) is 0 Å². The minimum Gasteiger partial charge on any atom is -0.406 e. The standard InChI is InChI=1S/C30H28F3N5O4S/c31-30(32,33)42-22-12-14-23(15-13-22)43(40,41)36-24-18-37(29-34-16-5-17-35-29)19-27(28(24)39)38-25-8-3-1-6-20(25)10-11-21-7-2-4-9-26(21)38/h1-9,12-17,24,27-28,36,39H,10-11,18-19H2/t24-,27+,28+/m1/s1. The number of aromatic nitrogens is 2. The number of anilines is 3. The van der Waals surface area contributed by atoms with E-state index in [1.165, 1.54) is 0 Å². The Bertz CT molecular complexity index is 1640. The summed E-state index contributed by atoms with van der Waals surface area (Å²) in [4.78, 5) is 12.4. The van der Waals surface area contributed by atoms with Gasteiger partial charge in [0.15, 0.2) is 0 Å². The summed E-state index contributed by atoms with van der Waals surface area (Å²) in [6, 6.07) is 19.8. The molecule has 0 spiro atoms. The van der Waals surface area contributed by atoms with Crippen LogP contribution in [-0.4, -0.2) is 61.1 Å². The number of piperidine rings is 1. The highest BCUT2D eigenvalue weighted by molar-refractivity contribution is 7.89. The Balaban J connectivity index is 1.38. The van der Waals surface area contributed by atoms with Crippen molar-refractivity contribution in [3.05, 3.63) is 102 Å². The number of aliphatic hydroxyl groups excluding tert-OH is 1. The fraction of sp³-hybridized carbons (Fsp3) is 0.267. The van der Waals surface area contributed by atoms with Gasteiger partial charge in [0, 0.05) is 36.9 Å². The first-order chi connectivity index (χ1) is 20.6. The van der Waals surface area contributed by atoms with Crippen molar-refractivity contribution in [1.29, 1.82) is 0 Å². The maximum Gasteiger partial charge on any atom is 0.573 e. The molecule has 0 bridgehead atoms. The third kappa shape index (κ3) is 6.14. The third-order valence-electron chi connectivity index (χ3n) is 7.64. The average molecular weight is 612 g/mol. The number of para-hydroxylation sites is 2. The Hall–Kier alpha value is -4.20. The molecule has 6 rings (SSSR count). The van der Waals surface area contributed by atoms with Gasteiger partial charge in [0.1, 0.15) is 5.75 Å². The van der Waals surface area contributed by atoms with Crippen LogP contribution < -0.4 is 19.3 Å². The fourth-order valence-corrected chi connectivity index (χ4v) is 6.98. The highest BCUT2D eigenvalue weighted by atomic mass is 32.2. The molecule has 43 heavy (non-hydrogen) atoms. The van der Waals surface area contributed by atoms with Gasteiger partial charge in [-0.15, -0.1) is 13.2 Å². The van der Waals surface area contributed by atoms with Crippen LogP contribution in [0.15, 0.2) is 96.2 Å². The summed E-state index contributed by atoms with van der Waals surface area (Å²) in [7, 11) is -4.27. The Morgan fingerprint density at radius 3 is 2.00 bits per heavy atom. The molecular weight excluding hydrogens is 583 g/mol. The molecule has 0 unspecified atom stereocenters. The molecule has 0 radical (unpaired) electrons. The highest BCUT2D eigenvalue weighted by Gasteiger charge is 2.43. The number of hydrogen-bond donors (Lipinski definition) is 2. The highest BCUT2D eigenvalue weighted by Crippen LogP contribution is 2.40. The first kappa shape index (κ1) is 28.9. The molecule has 4 aromatic rings. The molecule has 3 atom stereocenters. The normalized spacial score (nSPS) is 20.6. The largest absolute Gasteiger partial charge is 0.573 e. The lowest BCUT2D eigenvalue weighted by Crippen LogP contribution is -2.65. The zero-order valence-electron chi connectivity index (χ0n) is 22.7. The first-order valence-corrected chi connectivity index (χ1v) is 15.1. The smallest absolute Gasteiger partial charge is 0.406 e. The van der Waals surface area contributed by atoms with Gasteiger partial charge < -0.3 is 19.6 Å². The summed E-state index contributed by atoms with van der Waals surface area (Å²) in [5.74, 6) is -0.177. The summed E-state index contributed by atoms with van der Waals surface area (Å²) in [6.07, 6.45) is -1.34. The Morgan fingerprint density at radius 1 is 0.837 bits per heavy atom. The average Bonchev–Trinajstić information content (AvgIpc) is 3.15. The van der Waals surface area contributed by atoms with E-state index in [2.05, 4.69) is 24.3 Å². The van der Waals surface area contributed by atoms with E-state index in [1.807, 2.05) is 53.4 Å². The van der Waals surface area contributed by atoms with Crippen molar-refractivity contribution in [2.75, 3.05) is 22.9 Å². The monoisotopic (exact) mass is 611 g/mol. The zero-order chi connectivity index (χ0) is 30.2. The molecule has 3 heterocycles. The van der Waals surface area contributed by atoms with E-state index in [-0.39, 0.29) is 18.0 Å². The van der Waals surface area contributed by atoms with Gasteiger partial charge in [-0.05, 0) is 66.4 Å². The van der Waals surface area contributed by atoms with Crippen molar-refractivity contribution in [3.63, 3.8) is 0 Å². The summed E-state index contributed by atoms with van der Waals surface area (Å²) in [5, 5.41) is 11.9. The summed E-state index contributed by atoms with van der Waals surface area (Å²) < 4.78 is 71.2. The lowest BCUT2D eigenvalue weighted by Gasteiger charge is -2.47. The predicted octanol–water partition coefficient (Wildman–Crippen LogP) is 4.21. The molecule has 2 aliphatic rings. The summed E-state index contributed by atoms with van der Waals surface area (Å²) in [6.45, 7) is 0.336. The molecule has 13 heteroatoms. The molecule has 1 fully saturated rings. The van der Waals surface area contributed by atoms with Crippen molar-refractivity contribution < 1.29 is 31.4 Å². The van der Waals surface area contributed by atoms with Crippen LogP contribution in [0.5, 0.6) is 5.75 Å². The third-order valence-corrected chi connectivity index (χ3v) is 9.14. The van der Waals surface area contributed by atoms with Crippen LogP contribution in [0.4, 0.5) is 30.5 Å². The second-order valence-electron chi connectivity index (χ2n) is 10.4. The zero-order valence-corrected chi connectivity index (χ0v) is 23.5. The Morgan fingerprint density at radius 2 is 1.42 bits per heavy atom. The number of aliphatic hydroxyl groups is 1. The molecule has 1 saturated heterocycles. The fourth-order valence-electron chi connectivity index (χ4n) is 5.74. The van der Waals surface area contributed by atoms with Crippen LogP contribution in [0.1, 0.15) is 11.1 Å². The van der Waals surface area contributed by atoms with Gasteiger partial charge in [-0.25, -0.2) is 23.1 Å². The number of benzene rings is 3. The number of alkyl halides is 3. The van der Waals surface area contributed by atoms with E-state index < -0.39 is 40.3 Å². The van der Waals surface area contributed by atoms with Crippen LogP contribution in [0.2, 0.25) is 0 Å². The number of nitrogens with zero attached hydrogens (tertiary/aromatic N) is 4. The van der Waals surface area contributed by atoms with Crippen molar-refractivity contribution in [2.24, 2.45) is 0 Å². The molecule has 1 aromatic heterocycles. The molecule has 224 valence electrons. The van der Waals surface area contributed by atoms with E-state index >= 15 is 0 Å². The van der Waals surface area contributed by atoms with E-state index in [9.17, 15) is 26.7 Å². The molecule has 9 nitrogen and oxygen atoms in total. The van der Waals surface area contributed by atoms with Crippen LogP contribution in [0, 0.1) is 0 Å². The molecule has 0 saturated carbocycles. The number of hydrogen-bond acceptors (Lipinski definition) is 8. The molecule has 2 aliphatic heterocycles. The number of halogens is 3. The SMILES string of the molecule is O=S(=O)(N[C@@H]1CN(c2ncccn2)C[C@H](N2c3ccccc3CCc3ccccc32)[C@H]1O)c1ccc(OC(F)(F)F)cc1. The van der Waals surface area contributed by atoms with Gasteiger partial charge in [0.05, 0.1) is 23.1 Å². The quantitative estimate of drug-likeness (QED) is 0.334. The van der Waals surface area contributed by atoms with Crippen molar-refractivity contribution >= 4 is 27.3 Å². The lowest BCUT2D eigenvalue weighted by molar-refractivity contribution is -0.274. The summed E-state index contributed by atoms with van der Waals surface area (Å²) >= 11 is 0. The topological polar surface area (TPSA) is 108 Å². The van der Waals surface area contributed by atoms with Crippen molar-refractivity contribution in [3.8, 4) is 5.75 Å². The Labute approximate surface area is 246 Å². The summed E-state index contributed by atoms with van der Waals surface area (Å²) in [5.41, 5.74) is 4.01. The van der Waals surface area contributed by atoms with E-state index in [4.69, 9.17) is 0 Å². The number of fused-ring (bicyclic) bond motifs is 2. The van der Waals surface area contributed by atoms with Crippen molar-refractivity contribution in [1.82, 2.24) is 14.7 Å². The second-order valence-corrected chi connectivity index (χ2v) is 12.1. The maximum absolute atomic E-state index is 13.5. The number of nitrogens with one attached hydrogen (secondary N) is 1. The van der Waals surface area contributed by atoms with Crippen molar-refractivity contribution in [2.45, 2.75) is 42.3 Å². The van der Waals surface area contributed by atoms with Crippen LogP contribution >= 0.6 is 0 Å². The molecule has 2 N–H and O–H groups in total. The minimum absolute atomic E-state index is 0.0489.